The Labute approximate surface area is 83.0 Å². The second kappa shape index (κ2) is 8.27. The number of nitrogens with one attached hydrogen (secondary N) is 1. The lowest BCUT2D eigenvalue weighted by Crippen LogP contribution is -2.30. The molecule has 0 saturated heterocycles. The zero-order valence-corrected chi connectivity index (χ0v) is 9.34. The van der Waals surface area contributed by atoms with Gasteiger partial charge in [-0.15, -0.1) is 6.58 Å². The maximum absolute atomic E-state index is 3.72. The molecule has 78 valence electrons. The van der Waals surface area contributed by atoms with Crippen molar-refractivity contribution in [2.75, 3.05) is 33.7 Å². The lowest BCUT2D eigenvalue weighted by atomic mass is 10.1. The Balaban J connectivity index is 3.37. The Hall–Kier alpha value is -0.340. The van der Waals surface area contributed by atoms with E-state index in [9.17, 15) is 0 Å². The van der Waals surface area contributed by atoms with Gasteiger partial charge in [0.2, 0.25) is 0 Å². The molecule has 0 rings (SSSR count). The van der Waals surface area contributed by atoms with Crippen LogP contribution in [0.3, 0.4) is 0 Å². The zero-order valence-electron chi connectivity index (χ0n) is 9.34. The molecule has 0 aliphatic heterocycles. The van der Waals surface area contributed by atoms with Crippen LogP contribution in [0.5, 0.6) is 0 Å². The first kappa shape index (κ1) is 12.7. The van der Waals surface area contributed by atoms with Gasteiger partial charge in [0.25, 0.3) is 0 Å². The molecule has 1 atom stereocenters. The van der Waals surface area contributed by atoms with Crippen molar-refractivity contribution in [3.63, 3.8) is 0 Å². The predicted octanol–water partition coefficient (Wildman–Crippen LogP) is 1.74. The SMILES string of the molecule is C=CCCCN(C)CC(C)CNC. The topological polar surface area (TPSA) is 15.3 Å². The third-order valence-electron chi connectivity index (χ3n) is 2.12. The Morgan fingerprint density at radius 2 is 2.23 bits per heavy atom. The molecule has 0 bridgehead atoms. The van der Waals surface area contributed by atoms with Gasteiger partial charge in [0.1, 0.15) is 0 Å². The lowest BCUT2D eigenvalue weighted by molar-refractivity contribution is 0.281. The standard InChI is InChI=1S/C11H24N2/c1-5-6-7-8-13(4)10-11(2)9-12-3/h5,11-12H,1,6-10H2,2-4H3. The molecule has 0 heterocycles. The summed E-state index contributed by atoms with van der Waals surface area (Å²) in [6, 6.07) is 0. The molecule has 0 aromatic carbocycles. The molecular formula is C11H24N2. The number of hydrogen-bond donors (Lipinski definition) is 1. The second-order valence-electron chi connectivity index (χ2n) is 3.86. The average Bonchev–Trinajstić information content (AvgIpc) is 2.05. The van der Waals surface area contributed by atoms with Crippen LogP contribution in [0.4, 0.5) is 0 Å². The fourth-order valence-corrected chi connectivity index (χ4v) is 1.54. The minimum absolute atomic E-state index is 0.735. The minimum atomic E-state index is 0.735. The van der Waals surface area contributed by atoms with E-state index in [2.05, 4.69) is 30.8 Å². The Morgan fingerprint density at radius 1 is 1.54 bits per heavy atom. The summed E-state index contributed by atoms with van der Waals surface area (Å²) in [4.78, 5) is 2.39. The van der Waals surface area contributed by atoms with Gasteiger partial charge in [0.05, 0.1) is 0 Å². The summed E-state index contributed by atoms with van der Waals surface area (Å²) in [7, 11) is 4.20. The van der Waals surface area contributed by atoms with Crippen LogP contribution in [0.15, 0.2) is 12.7 Å². The van der Waals surface area contributed by atoms with Gasteiger partial charge in [-0.1, -0.05) is 13.0 Å². The van der Waals surface area contributed by atoms with Crippen LogP contribution in [-0.4, -0.2) is 38.6 Å². The minimum Gasteiger partial charge on any atom is -0.319 e. The van der Waals surface area contributed by atoms with E-state index in [-0.39, 0.29) is 0 Å². The molecule has 0 aromatic rings. The van der Waals surface area contributed by atoms with Gasteiger partial charge in [-0.3, -0.25) is 0 Å². The number of unbranched alkanes of at least 4 members (excludes halogenated alkanes) is 1. The van der Waals surface area contributed by atoms with E-state index in [1.807, 2.05) is 13.1 Å². The van der Waals surface area contributed by atoms with Crippen molar-refractivity contribution in [2.45, 2.75) is 19.8 Å². The molecule has 0 amide bonds. The van der Waals surface area contributed by atoms with Gasteiger partial charge >= 0.3 is 0 Å². The molecule has 2 nitrogen and oxygen atoms in total. The number of hydrogen-bond acceptors (Lipinski definition) is 2. The Kier molecular flexibility index (Phi) is 8.05. The predicted molar refractivity (Wildman–Crippen MR) is 60.0 cm³/mol. The Bertz CT molecular complexity index is 123. The van der Waals surface area contributed by atoms with E-state index in [1.165, 1.54) is 19.5 Å². The van der Waals surface area contributed by atoms with Crippen LogP contribution in [0.1, 0.15) is 19.8 Å². The first-order chi connectivity index (χ1) is 6.20. The van der Waals surface area contributed by atoms with Gasteiger partial charge in [-0.25, -0.2) is 0 Å². The highest BCUT2D eigenvalue weighted by Crippen LogP contribution is 1.99. The van der Waals surface area contributed by atoms with Crippen LogP contribution in [0.25, 0.3) is 0 Å². The second-order valence-corrected chi connectivity index (χ2v) is 3.86. The highest BCUT2D eigenvalue weighted by atomic mass is 15.1. The summed E-state index contributed by atoms with van der Waals surface area (Å²) in [5, 5.41) is 3.20. The molecule has 0 radical (unpaired) electrons. The molecule has 2 heteroatoms. The van der Waals surface area contributed by atoms with Crippen molar-refractivity contribution >= 4 is 0 Å². The van der Waals surface area contributed by atoms with Crippen molar-refractivity contribution < 1.29 is 0 Å². The van der Waals surface area contributed by atoms with E-state index < -0.39 is 0 Å². The van der Waals surface area contributed by atoms with Crippen molar-refractivity contribution in [1.82, 2.24) is 10.2 Å². The first-order valence-corrected chi connectivity index (χ1v) is 5.14. The maximum Gasteiger partial charge on any atom is 0.00161 e. The molecular weight excluding hydrogens is 160 g/mol. The molecule has 0 saturated carbocycles. The summed E-state index contributed by atoms with van der Waals surface area (Å²) in [6.45, 7) is 9.46. The van der Waals surface area contributed by atoms with Crippen LogP contribution in [0.2, 0.25) is 0 Å². The smallest absolute Gasteiger partial charge is 0.00161 e. The van der Waals surface area contributed by atoms with Gasteiger partial charge in [-0.05, 0) is 45.9 Å². The van der Waals surface area contributed by atoms with Crippen LogP contribution >= 0.6 is 0 Å². The fraction of sp³-hybridized carbons (Fsp3) is 0.818. The van der Waals surface area contributed by atoms with E-state index in [0.29, 0.717) is 0 Å². The van der Waals surface area contributed by atoms with Gasteiger partial charge in [0.15, 0.2) is 0 Å². The van der Waals surface area contributed by atoms with Crippen LogP contribution in [-0.2, 0) is 0 Å². The zero-order chi connectivity index (χ0) is 10.1. The van der Waals surface area contributed by atoms with Crippen molar-refractivity contribution in [3.05, 3.63) is 12.7 Å². The maximum atomic E-state index is 3.72. The number of nitrogens with zero attached hydrogens (tertiary/aromatic N) is 1. The summed E-state index contributed by atoms with van der Waals surface area (Å²) in [5.74, 6) is 0.735. The lowest BCUT2D eigenvalue weighted by Gasteiger charge is -2.20. The largest absolute Gasteiger partial charge is 0.319 e. The summed E-state index contributed by atoms with van der Waals surface area (Å²) >= 11 is 0. The normalized spacial score (nSPS) is 13.2. The summed E-state index contributed by atoms with van der Waals surface area (Å²) in [6.07, 6.45) is 4.35. The fourth-order valence-electron chi connectivity index (χ4n) is 1.54. The van der Waals surface area contributed by atoms with Gasteiger partial charge < -0.3 is 10.2 Å². The molecule has 1 unspecified atom stereocenters. The molecule has 0 fully saturated rings. The monoisotopic (exact) mass is 184 g/mol. The molecule has 13 heavy (non-hydrogen) atoms. The van der Waals surface area contributed by atoms with Crippen molar-refractivity contribution in [3.8, 4) is 0 Å². The van der Waals surface area contributed by atoms with Gasteiger partial charge in [-0.2, -0.15) is 0 Å². The number of rotatable bonds is 8. The van der Waals surface area contributed by atoms with Crippen molar-refractivity contribution in [1.29, 1.82) is 0 Å². The third-order valence-corrected chi connectivity index (χ3v) is 2.12. The summed E-state index contributed by atoms with van der Waals surface area (Å²) in [5.41, 5.74) is 0. The first-order valence-electron chi connectivity index (χ1n) is 5.14. The number of allylic oxidation sites excluding steroid dienone is 1. The average molecular weight is 184 g/mol. The van der Waals surface area contributed by atoms with Crippen LogP contribution < -0.4 is 5.32 Å². The Morgan fingerprint density at radius 3 is 2.77 bits per heavy atom. The highest BCUT2D eigenvalue weighted by Gasteiger charge is 2.04. The molecule has 0 spiro atoms. The van der Waals surface area contributed by atoms with Crippen molar-refractivity contribution in [2.24, 2.45) is 5.92 Å². The van der Waals surface area contributed by atoms with E-state index >= 15 is 0 Å². The molecule has 1 N–H and O–H groups in total. The third kappa shape index (κ3) is 8.00. The summed E-state index contributed by atoms with van der Waals surface area (Å²) < 4.78 is 0. The van der Waals surface area contributed by atoms with E-state index in [1.54, 1.807) is 0 Å². The molecule has 0 aliphatic rings. The highest BCUT2D eigenvalue weighted by molar-refractivity contribution is 4.67. The molecule has 0 aliphatic carbocycles. The molecule has 0 aromatic heterocycles. The van der Waals surface area contributed by atoms with E-state index in [0.717, 1.165) is 18.9 Å². The van der Waals surface area contributed by atoms with E-state index in [4.69, 9.17) is 0 Å². The van der Waals surface area contributed by atoms with Crippen LogP contribution in [0, 0.1) is 5.92 Å². The quantitative estimate of drug-likeness (QED) is 0.456. The van der Waals surface area contributed by atoms with Gasteiger partial charge in [0, 0.05) is 6.54 Å².